The van der Waals surface area contributed by atoms with Gasteiger partial charge in [-0.25, -0.2) is 9.59 Å². The van der Waals surface area contributed by atoms with Crippen LogP contribution in [-0.2, 0) is 32.0 Å². The monoisotopic (exact) mass is 612 g/mol. The molecular formula is C32H41ClN4O6. The summed E-state index contributed by atoms with van der Waals surface area (Å²) in [5, 5.41) is 6.22. The van der Waals surface area contributed by atoms with Gasteiger partial charge >= 0.3 is 12.2 Å². The Morgan fingerprint density at radius 2 is 1.67 bits per heavy atom. The summed E-state index contributed by atoms with van der Waals surface area (Å²) in [6.07, 6.45) is 0.834. The van der Waals surface area contributed by atoms with Crippen LogP contribution >= 0.6 is 11.6 Å². The van der Waals surface area contributed by atoms with Crippen LogP contribution in [0, 0.1) is 5.41 Å². The average Bonchev–Trinajstić information content (AvgIpc) is 2.94. The van der Waals surface area contributed by atoms with Gasteiger partial charge in [0.25, 0.3) is 0 Å². The lowest BCUT2D eigenvalue weighted by Gasteiger charge is -2.45. The number of anilines is 1. The largest absolute Gasteiger partial charge is 0.448 e. The molecule has 2 fully saturated rings. The highest BCUT2D eigenvalue weighted by atomic mass is 35.5. The number of carbonyl (C=O) groups is 4. The van der Waals surface area contributed by atoms with Crippen molar-refractivity contribution in [3.05, 3.63) is 64.7 Å². The predicted molar refractivity (Wildman–Crippen MR) is 164 cm³/mol. The Morgan fingerprint density at radius 3 is 2.26 bits per heavy atom. The number of benzene rings is 2. The van der Waals surface area contributed by atoms with Crippen LogP contribution < -0.4 is 10.6 Å². The third-order valence-corrected chi connectivity index (χ3v) is 8.30. The van der Waals surface area contributed by atoms with E-state index >= 15 is 0 Å². The van der Waals surface area contributed by atoms with Gasteiger partial charge in [-0.2, -0.15) is 0 Å². The van der Waals surface area contributed by atoms with Crippen LogP contribution in [0.15, 0.2) is 48.5 Å². The molecule has 232 valence electrons. The highest BCUT2D eigenvalue weighted by Crippen LogP contribution is 2.34. The molecule has 4 amide bonds. The van der Waals surface area contributed by atoms with Crippen LogP contribution in [0.2, 0.25) is 5.02 Å². The Balaban J connectivity index is 1.41. The summed E-state index contributed by atoms with van der Waals surface area (Å²) in [5.41, 5.74) is 0.793. The van der Waals surface area contributed by atoms with Crippen LogP contribution in [0.4, 0.5) is 15.3 Å². The maximum atomic E-state index is 13.7. The van der Waals surface area contributed by atoms with Crippen molar-refractivity contribution in [1.29, 1.82) is 0 Å². The number of halogens is 1. The van der Waals surface area contributed by atoms with Gasteiger partial charge < -0.3 is 19.7 Å². The number of amides is 4. The second kappa shape index (κ2) is 13.7. The number of carbonyl (C=O) groups excluding carboxylic acids is 4. The molecule has 0 radical (unpaired) electrons. The molecule has 2 N–H and O–H groups in total. The van der Waals surface area contributed by atoms with Gasteiger partial charge in [-0.3, -0.25) is 19.8 Å². The van der Waals surface area contributed by atoms with Crippen LogP contribution in [-0.4, -0.2) is 71.7 Å². The molecule has 0 aromatic heterocycles. The normalized spacial score (nSPS) is 17.8. The van der Waals surface area contributed by atoms with Gasteiger partial charge in [0.15, 0.2) is 0 Å². The molecule has 2 aromatic carbocycles. The first-order chi connectivity index (χ1) is 20.4. The minimum atomic E-state index is -1.05. The molecule has 4 rings (SSSR count). The lowest BCUT2D eigenvalue weighted by Crippen LogP contribution is -2.61. The SMILES string of the molecule is CCc1ccc(NC(=O)OCC2(C(=O)NCc3ccccc3Cl)CCN(C(=O)C3CCN3C(=O)OC(C)(C)C)CC2)cc1. The maximum Gasteiger partial charge on any atom is 0.411 e. The van der Waals surface area contributed by atoms with E-state index in [9.17, 15) is 19.2 Å². The van der Waals surface area contributed by atoms with Crippen molar-refractivity contribution < 1.29 is 28.7 Å². The maximum absolute atomic E-state index is 13.7. The summed E-state index contributed by atoms with van der Waals surface area (Å²) >= 11 is 6.29. The van der Waals surface area contributed by atoms with Crippen molar-refractivity contribution >= 4 is 41.3 Å². The zero-order valence-electron chi connectivity index (χ0n) is 25.3. The van der Waals surface area contributed by atoms with Crippen molar-refractivity contribution in [2.45, 2.75) is 71.6 Å². The Labute approximate surface area is 258 Å². The Bertz CT molecular complexity index is 1320. The summed E-state index contributed by atoms with van der Waals surface area (Å²) in [7, 11) is 0. The fourth-order valence-electron chi connectivity index (χ4n) is 5.17. The third kappa shape index (κ3) is 8.19. The molecule has 2 saturated heterocycles. The molecule has 2 aliphatic heterocycles. The second-order valence-electron chi connectivity index (χ2n) is 12.1. The van der Waals surface area contributed by atoms with Gasteiger partial charge in [-0.1, -0.05) is 48.9 Å². The quantitative estimate of drug-likeness (QED) is 0.413. The van der Waals surface area contributed by atoms with Crippen molar-refractivity contribution in [3.8, 4) is 0 Å². The zero-order chi connectivity index (χ0) is 31.2. The number of aryl methyl sites for hydroxylation is 1. The zero-order valence-corrected chi connectivity index (χ0v) is 26.0. The van der Waals surface area contributed by atoms with E-state index in [0.29, 0.717) is 23.7 Å². The third-order valence-electron chi connectivity index (χ3n) is 7.93. The molecule has 0 aliphatic carbocycles. The fraction of sp³-hybridized carbons (Fsp3) is 0.500. The van der Waals surface area contributed by atoms with Gasteiger partial charge in [0, 0.05) is 36.9 Å². The van der Waals surface area contributed by atoms with E-state index in [0.717, 1.165) is 17.5 Å². The van der Waals surface area contributed by atoms with E-state index in [2.05, 4.69) is 17.6 Å². The van der Waals surface area contributed by atoms with Crippen LogP contribution in [0.5, 0.6) is 0 Å². The first-order valence-electron chi connectivity index (χ1n) is 14.7. The van der Waals surface area contributed by atoms with E-state index in [1.165, 1.54) is 4.90 Å². The number of ether oxygens (including phenoxy) is 2. The van der Waals surface area contributed by atoms with Crippen LogP contribution in [0.3, 0.4) is 0 Å². The molecule has 0 spiro atoms. The first kappa shape index (κ1) is 32.1. The van der Waals surface area contributed by atoms with Crippen molar-refractivity contribution in [1.82, 2.24) is 15.1 Å². The Hall–Kier alpha value is -3.79. The van der Waals surface area contributed by atoms with Crippen LogP contribution in [0.25, 0.3) is 0 Å². The number of likely N-dealkylation sites (tertiary alicyclic amines) is 2. The van der Waals surface area contributed by atoms with Crippen molar-refractivity contribution in [2.24, 2.45) is 5.41 Å². The van der Waals surface area contributed by atoms with Gasteiger partial charge in [0.05, 0.1) is 5.41 Å². The summed E-state index contributed by atoms with van der Waals surface area (Å²) in [4.78, 5) is 55.4. The smallest absolute Gasteiger partial charge is 0.411 e. The summed E-state index contributed by atoms with van der Waals surface area (Å²) in [6, 6.07) is 14.1. The summed E-state index contributed by atoms with van der Waals surface area (Å²) in [5.74, 6) is -0.449. The number of rotatable bonds is 8. The van der Waals surface area contributed by atoms with Gasteiger partial charge in [0.2, 0.25) is 11.8 Å². The van der Waals surface area contributed by atoms with Crippen LogP contribution in [0.1, 0.15) is 58.1 Å². The van der Waals surface area contributed by atoms with E-state index in [-0.39, 0.29) is 50.9 Å². The minimum absolute atomic E-state index is 0.157. The molecule has 2 aromatic rings. The van der Waals surface area contributed by atoms with E-state index in [4.69, 9.17) is 21.1 Å². The highest BCUT2D eigenvalue weighted by Gasteiger charge is 2.47. The number of hydrogen-bond acceptors (Lipinski definition) is 6. The number of nitrogens with zero attached hydrogens (tertiary/aromatic N) is 2. The van der Waals surface area contributed by atoms with E-state index in [1.807, 2.05) is 30.3 Å². The Morgan fingerprint density at radius 1 is 1.00 bits per heavy atom. The molecule has 10 nitrogen and oxygen atoms in total. The lowest BCUT2D eigenvalue weighted by molar-refractivity contribution is -0.148. The molecule has 1 unspecified atom stereocenters. The summed E-state index contributed by atoms with van der Waals surface area (Å²) in [6.45, 7) is 8.47. The first-order valence-corrected chi connectivity index (χ1v) is 15.1. The van der Waals surface area contributed by atoms with Crippen molar-refractivity contribution in [2.75, 3.05) is 31.6 Å². The topological polar surface area (TPSA) is 117 Å². The molecule has 11 heteroatoms. The number of nitrogens with one attached hydrogen (secondary N) is 2. The van der Waals surface area contributed by atoms with Gasteiger partial charge in [-0.15, -0.1) is 0 Å². The second-order valence-corrected chi connectivity index (χ2v) is 12.5. The van der Waals surface area contributed by atoms with E-state index in [1.54, 1.807) is 43.9 Å². The predicted octanol–water partition coefficient (Wildman–Crippen LogP) is 5.39. The average molecular weight is 613 g/mol. The van der Waals surface area contributed by atoms with Gasteiger partial charge in [-0.05, 0) is 75.8 Å². The van der Waals surface area contributed by atoms with Crippen molar-refractivity contribution in [3.63, 3.8) is 0 Å². The van der Waals surface area contributed by atoms with Gasteiger partial charge in [0.1, 0.15) is 18.2 Å². The minimum Gasteiger partial charge on any atom is -0.448 e. The standard InChI is InChI=1S/C32H41ClN4O6/c1-5-22-10-12-24(13-11-22)35-29(40)42-21-32(28(39)34-20-23-8-6-7-9-25(23)33)15-18-36(19-16-32)27(38)26-14-17-37(26)30(41)43-31(2,3)4/h6-13,26H,5,14-21H2,1-4H3,(H,34,39)(H,35,40). The molecule has 2 aliphatic rings. The molecule has 0 bridgehead atoms. The highest BCUT2D eigenvalue weighted by molar-refractivity contribution is 6.31. The molecule has 1 atom stereocenters. The summed E-state index contributed by atoms with van der Waals surface area (Å²) < 4.78 is 11.1. The Kier molecular flexibility index (Phi) is 10.2. The van der Waals surface area contributed by atoms with E-state index < -0.39 is 29.2 Å². The molecule has 43 heavy (non-hydrogen) atoms. The fourth-order valence-corrected chi connectivity index (χ4v) is 5.37. The molecule has 2 heterocycles. The number of piperidine rings is 1. The lowest BCUT2D eigenvalue weighted by atomic mass is 9.77. The number of hydrogen-bond donors (Lipinski definition) is 2. The molecule has 0 saturated carbocycles. The molecular weight excluding hydrogens is 572 g/mol.